The first-order chi connectivity index (χ1) is 14.1. The van der Waals surface area contributed by atoms with Crippen LogP contribution in [0.1, 0.15) is 20.7 Å². The Hall–Kier alpha value is -3.32. The van der Waals surface area contributed by atoms with Crippen molar-refractivity contribution >= 4 is 23.5 Å². The van der Waals surface area contributed by atoms with Crippen LogP contribution in [0, 0.1) is 0 Å². The van der Waals surface area contributed by atoms with E-state index in [1.54, 1.807) is 36.5 Å². The fourth-order valence-electron chi connectivity index (χ4n) is 2.55. The van der Waals surface area contributed by atoms with E-state index in [1.807, 2.05) is 30.3 Å². The third-order valence-corrected chi connectivity index (χ3v) is 5.02. The number of carbonyl (C=O) groups is 2. The number of ether oxygens (including phenoxy) is 3. The second-order valence-corrected chi connectivity index (χ2v) is 6.90. The predicted molar refractivity (Wildman–Crippen MR) is 109 cm³/mol. The van der Waals surface area contributed by atoms with Gasteiger partial charge in [0.1, 0.15) is 16.5 Å². The number of hydrogen-bond donors (Lipinski definition) is 0. The average Bonchev–Trinajstić information content (AvgIpc) is 2.77. The van der Waals surface area contributed by atoms with Gasteiger partial charge in [0.05, 0.1) is 25.3 Å². The number of methoxy groups -OCH3 is 2. The first-order valence-corrected chi connectivity index (χ1v) is 9.54. The van der Waals surface area contributed by atoms with E-state index >= 15 is 0 Å². The second-order valence-electron chi connectivity index (χ2n) is 5.84. The summed E-state index contributed by atoms with van der Waals surface area (Å²) in [7, 11) is 2.97. The van der Waals surface area contributed by atoms with Crippen molar-refractivity contribution in [2.45, 2.75) is 9.92 Å². The van der Waals surface area contributed by atoms with Crippen molar-refractivity contribution in [3.8, 4) is 11.5 Å². The topological polar surface area (TPSA) is 74.7 Å². The van der Waals surface area contributed by atoms with Crippen molar-refractivity contribution in [3.63, 3.8) is 0 Å². The fraction of sp³-hybridized carbons (Fsp3) is 0.136. The van der Waals surface area contributed by atoms with Crippen LogP contribution in [0.4, 0.5) is 0 Å². The summed E-state index contributed by atoms with van der Waals surface area (Å²) >= 11 is 1.35. The normalized spacial score (nSPS) is 10.3. The molecule has 0 saturated heterocycles. The molecule has 2 aromatic carbocycles. The summed E-state index contributed by atoms with van der Waals surface area (Å²) in [5.41, 5.74) is 0.580. The number of benzene rings is 2. The summed E-state index contributed by atoms with van der Waals surface area (Å²) in [6.07, 6.45) is 1.61. The Kier molecular flexibility index (Phi) is 6.86. The molecule has 3 aromatic rings. The summed E-state index contributed by atoms with van der Waals surface area (Å²) in [6, 6.07) is 17.7. The van der Waals surface area contributed by atoms with Gasteiger partial charge in [0.15, 0.2) is 6.61 Å². The highest BCUT2D eigenvalue weighted by molar-refractivity contribution is 7.99. The van der Waals surface area contributed by atoms with Crippen LogP contribution in [-0.4, -0.2) is 37.6 Å². The van der Waals surface area contributed by atoms with Gasteiger partial charge in [-0.1, -0.05) is 30.0 Å². The Balaban J connectivity index is 1.72. The number of esters is 1. The summed E-state index contributed by atoms with van der Waals surface area (Å²) < 4.78 is 15.6. The van der Waals surface area contributed by atoms with Crippen LogP contribution in [-0.2, 0) is 4.74 Å². The number of hydrogen-bond acceptors (Lipinski definition) is 7. The number of pyridine rings is 1. The molecule has 0 atom stereocenters. The molecule has 7 heteroatoms. The Morgan fingerprint density at radius 1 is 0.931 bits per heavy atom. The molecule has 148 valence electrons. The van der Waals surface area contributed by atoms with Crippen molar-refractivity contribution in [1.82, 2.24) is 4.98 Å². The molecule has 1 aromatic heterocycles. The SMILES string of the molecule is COc1ccc(OC)c(C(=O)COC(=O)c2cccnc2Sc2ccccc2)c1. The molecular formula is C22H19NO5S. The molecule has 0 amide bonds. The smallest absolute Gasteiger partial charge is 0.341 e. The third-order valence-electron chi connectivity index (χ3n) is 3.99. The van der Waals surface area contributed by atoms with Crippen molar-refractivity contribution in [1.29, 1.82) is 0 Å². The number of Topliss-reactive ketones (excluding diaryl/α,β-unsaturated/α-hetero) is 1. The van der Waals surface area contributed by atoms with E-state index in [4.69, 9.17) is 14.2 Å². The molecule has 0 fully saturated rings. The van der Waals surface area contributed by atoms with Gasteiger partial charge < -0.3 is 14.2 Å². The number of ketones is 1. The molecule has 1 heterocycles. The third kappa shape index (κ3) is 5.14. The van der Waals surface area contributed by atoms with Gasteiger partial charge in [0.25, 0.3) is 0 Å². The summed E-state index contributed by atoms with van der Waals surface area (Å²) in [5.74, 6) is -0.121. The minimum atomic E-state index is -0.619. The van der Waals surface area contributed by atoms with E-state index in [0.29, 0.717) is 22.1 Å². The molecule has 3 rings (SSSR count). The Bertz CT molecular complexity index is 1010. The number of rotatable bonds is 8. The standard InChI is InChI=1S/C22H19NO5S/c1-26-15-10-11-20(27-2)18(13-15)19(24)14-28-22(25)17-9-6-12-23-21(17)29-16-7-4-3-5-8-16/h3-13H,14H2,1-2H3. The number of nitrogens with zero attached hydrogens (tertiary/aromatic N) is 1. The predicted octanol–water partition coefficient (Wildman–Crippen LogP) is 4.29. The molecule has 0 aliphatic heterocycles. The summed E-state index contributed by atoms with van der Waals surface area (Å²) in [6.45, 7) is -0.424. The van der Waals surface area contributed by atoms with Crippen LogP contribution in [0.15, 0.2) is 76.8 Å². The quantitative estimate of drug-likeness (QED) is 0.406. The van der Waals surface area contributed by atoms with E-state index in [1.165, 1.54) is 26.0 Å². The molecule has 0 N–H and O–H groups in total. The fourth-order valence-corrected chi connectivity index (χ4v) is 3.44. The second kappa shape index (κ2) is 9.75. The molecule has 6 nitrogen and oxygen atoms in total. The first kappa shape index (κ1) is 20.4. The Labute approximate surface area is 172 Å². The summed E-state index contributed by atoms with van der Waals surface area (Å²) in [4.78, 5) is 30.4. The summed E-state index contributed by atoms with van der Waals surface area (Å²) in [5, 5.41) is 0.509. The number of aromatic nitrogens is 1. The molecule has 0 unspecified atom stereocenters. The first-order valence-electron chi connectivity index (χ1n) is 8.72. The molecule has 0 radical (unpaired) electrons. The highest BCUT2D eigenvalue weighted by atomic mass is 32.2. The van der Waals surface area contributed by atoms with Gasteiger partial charge in [-0.3, -0.25) is 4.79 Å². The molecule has 0 saturated carbocycles. The molecule has 0 bridgehead atoms. The van der Waals surface area contributed by atoms with Crippen LogP contribution >= 0.6 is 11.8 Å². The molecule has 0 aliphatic carbocycles. The zero-order chi connectivity index (χ0) is 20.6. The van der Waals surface area contributed by atoms with Crippen LogP contribution in [0.25, 0.3) is 0 Å². The average molecular weight is 409 g/mol. The van der Waals surface area contributed by atoms with Gasteiger partial charge in [-0.2, -0.15) is 0 Å². The highest BCUT2D eigenvalue weighted by Crippen LogP contribution is 2.29. The lowest BCUT2D eigenvalue weighted by molar-refractivity contribution is 0.0469. The minimum Gasteiger partial charge on any atom is -0.497 e. The van der Waals surface area contributed by atoms with E-state index in [2.05, 4.69) is 4.98 Å². The molecule has 29 heavy (non-hydrogen) atoms. The Morgan fingerprint density at radius 3 is 2.45 bits per heavy atom. The van der Waals surface area contributed by atoms with Crippen LogP contribution in [0.2, 0.25) is 0 Å². The van der Waals surface area contributed by atoms with Gasteiger partial charge in [-0.25, -0.2) is 9.78 Å². The molecule has 0 spiro atoms. The van der Waals surface area contributed by atoms with Gasteiger partial charge in [0.2, 0.25) is 5.78 Å². The van der Waals surface area contributed by atoms with E-state index in [0.717, 1.165) is 4.90 Å². The maximum Gasteiger partial charge on any atom is 0.341 e. The van der Waals surface area contributed by atoms with Gasteiger partial charge in [0, 0.05) is 11.1 Å². The lowest BCUT2D eigenvalue weighted by Crippen LogP contribution is -2.16. The monoisotopic (exact) mass is 409 g/mol. The minimum absolute atomic E-state index is 0.282. The van der Waals surface area contributed by atoms with Crippen molar-refractivity contribution in [3.05, 3.63) is 78.0 Å². The maximum absolute atomic E-state index is 12.6. The molecule has 0 aliphatic rings. The van der Waals surface area contributed by atoms with Crippen LogP contribution in [0.5, 0.6) is 11.5 Å². The lowest BCUT2D eigenvalue weighted by atomic mass is 10.1. The zero-order valence-corrected chi connectivity index (χ0v) is 16.8. The van der Waals surface area contributed by atoms with Crippen LogP contribution in [0.3, 0.4) is 0 Å². The number of carbonyl (C=O) groups excluding carboxylic acids is 2. The highest BCUT2D eigenvalue weighted by Gasteiger charge is 2.19. The largest absolute Gasteiger partial charge is 0.497 e. The van der Waals surface area contributed by atoms with Crippen molar-refractivity contribution < 1.29 is 23.8 Å². The van der Waals surface area contributed by atoms with E-state index < -0.39 is 18.4 Å². The van der Waals surface area contributed by atoms with Gasteiger partial charge in [-0.15, -0.1) is 0 Å². The van der Waals surface area contributed by atoms with Gasteiger partial charge in [-0.05, 0) is 42.5 Å². The molecular weight excluding hydrogens is 390 g/mol. The Morgan fingerprint density at radius 2 is 1.72 bits per heavy atom. The lowest BCUT2D eigenvalue weighted by Gasteiger charge is -2.11. The van der Waals surface area contributed by atoms with Crippen molar-refractivity contribution in [2.75, 3.05) is 20.8 Å². The maximum atomic E-state index is 12.6. The van der Waals surface area contributed by atoms with E-state index in [9.17, 15) is 9.59 Å². The van der Waals surface area contributed by atoms with Gasteiger partial charge >= 0.3 is 5.97 Å². The van der Waals surface area contributed by atoms with E-state index in [-0.39, 0.29) is 5.56 Å². The zero-order valence-electron chi connectivity index (χ0n) is 16.0. The van der Waals surface area contributed by atoms with Crippen molar-refractivity contribution in [2.24, 2.45) is 0 Å². The van der Waals surface area contributed by atoms with Crippen LogP contribution < -0.4 is 9.47 Å².